The van der Waals surface area contributed by atoms with Gasteiger partial charge in [-0.2, -0.15) is 5.10 Å². The summed E-state index contributed by atoms with van der Waals surface area (Å²) in [6.07, 6.45) is 7.37. The summed E-state index contributed by atoms with van der Waals surface area (Å²) in [5.41, 5.74) is 8.77. The first-order valence-electron chi connectivity index (χ1n) is 6.12. The first-order chi connectivity index (χ1) is 9.65. The molecule has 0 aliphatic carbocycles. The molecule has 0 fully saturated rings. The minimum atomic E-state index is -0.354. The summed E-state index contributed by atoms with van der Waals surface area (Å²) in [4.78, 5) is 4.07. The summed E-state index contributed by atoms with van der Waals surface area (Å²) >= 11 is 6.02. The van der Waals surface area contributed by atoms with Crippen LogP contribution < -0.4 is 5.73 Å². The number of nitrogens with two attached hydrogens (primary N) is 1. The van der Waals surface area contributed by atoms with E-state index in [1.165, 1.54) is 12.1 Å². The molecule has 0 aliphatic heterocycles. The molecular weight excluding hydrogens is 279 g/mol. The number of halogens is 2. The highest BCUT2D eigenvalue weighted by atomic mass is 35.5. The molecule has 1 aromatic carbocycles. The van der Waals surface area contributed by atoms with Gasteiger partial charge < -0.3 is 5.73 Å². The van der Waals surface area contributed by atoms with Gasteiger partial charge in [0.15, 0.2) is 0 Å². The van der Waals surface area contributed by atoms with E-state index in [0.717, 1.165) is 16.6 Å². The molecule has 20 heavy (non-hydrogen) atoms. The molecule has 0 aliphatic rings. The highest BCUT2D eigenvalue weighted by molar-refractivity contribution is 6.31. The van der Waals surface area contributed by atoms with E-state index in [1.54, 1.807) is 35.4 Å². The Balaban J connectivity index is 1.91. The molecular formula is C14H12ClFN4. The average molecular weight is 291 g/mol. The van der Waals surface area contributed by atoms with Crippen molar-refractivity contribution in [3.05, 3.63) is 65.0 Å². The van der Waals surface area contributed by atoms with E-state index in [2.05, 4.69) is 10.1 Å². The molecule has 6 heteroatoms. The molecule has 2 aromatic heterocycles. The van der Waals surface area contributed by atoms with Gasteiger partial charge >= 0.3 is 0 Å². The molecule has 3 rings (SSSR count). The summed E-state index contributed by atoms with van der Waals surface area (Å²) < 4.78 is 14.7. The summed E-state index contributed by atoms with van der Waals surface area (Å²) in [5, 5.41) is 4.61. The second kappa shape index (κ2) is 5.19. The number of fused-ring (bicyclic) bond motifs is 1. The molecule has 4 nitrogen and oxygen atoms in total. The molecule has 2 N–H and O–H groups in total. The van der Waals surface area contributed by atoms with E-state index < -0.39 is 0 Å². The smallest absolute Gasteiger partial charge is 0.124 e. The lowest BCUT2D eigenvalue weighted by Gasteiger charge is -2.11. The van der Waals surface area contributed by atoms with Crippen molar-refractivity contribution in [3.63, 3.8) is 0 Å². The standard InChI is InChI=1S/C14H12ClFN4/c15-12-6-10(16)2-1-9(12)5-13(17)11-7-19-20-4-3-18-8-14(11)20/h1-4,6-8,13H,5,17H2. The fraction of sp³-hybridized carbons (Fsp3) is 0.143. The minimum Gasteiger partial charge on any atom is -0.324 e. The third-order valence-corrected chi connectivity index (χ3v) is 3.56. The van der Waals surface area contributed by atoms with Crippen molar-refractivity contribution in [1.29, 1.82) is 0 Å². The zero-order chi connectivity index (χ0) is 14.1. The Hall–Kier alpha value is -1.98. The second-order valence-corrected chi connectivity index (χ2v) is 4.96. The zero-order valence-electron chi connectivity index (χ0n) is 10.5. The topological polar surface area (TPSA) is 56.2 Å². The third kappa shape index (κ3) is 2.37. The maximum absolute atomic E-state index is 13.0. The summed E-state index contributed by atoms with van der Waals surface area (Å²) in [6.45, 7) is 0. The van der Waals surface area contributed by atoms with Gasteiger partial charge in [0.25, 0.3) is 0 Å². The van der Waals surface area contributed by atoms with Crippen LogP contribution >= 0.6 is 11.6 Å². The van der Waals surface area contributed by atoms with Gasteiger partial charge in [0.2, 0.25) is 0 Å². The zero-order valence-corrected chi connectivity index (χ0v) is 11.3. The first-order valence-corrected chi connectivity index (χ1v) is 6.49. The SMILES string of the molecule is NC(Cc1ccc(F)cc1Cl)c1cnn2ccncc12. The van der Waals surface area contributed by atoms with Crippen LogP contribution in [-0.4, -0.2) is 14.6 Å². The van der Waals surface area contributed by atoms with E-state index in [0.29, 0.717) is 11.4 Å². The van der Waals surface area contributed by atoms with Crippen molar-refractivity contribution in [2.75, 3.05) is 0 Å². The number of hydrogen-bond acceptors (Lipinski definition) is 3. The first kappa shape index (κ1) is 13.0. The van der Waals surface area contributed by atoms with Crippen LogP contribution in [0.1, 0.15) is 17.2 Å². The molecule has 1 unspecified atom stereocenters. The predicted molar refractivity (Wildman–Crippen MR) is 75.0 cm³/mol. The van der Waals surface area contributed by atoms with Gasteiger partial charge in [0.05, 0.1) is 17.9 Å². The van der Waals surface area contributed by atoms with Crippen molar-refractivity contribution < 1.29 is 4.39 Å². The second-order valence-electron chi connectivity index (χ2n) is 4.55. The molecule has 2 heterocycles. The molecule has 0 radical (unpaired) electrons. The number of benzene rings is 1. The van der Waals surface area contributed by atoms with Crippen molar-refractivity contribution >= 4 is 17.1 Å². The Labute approximate surface area is 120 Å². The molecule has 0 amide bonds. The molecule has 3 aromatic rings. The van der Waals surface area contributed by atoms with E-state index in [9.17, 15) is 4.39 Å². The lowest BCUT2D eigenvalue weighted by Crippen LogP contribution is -2.13. The maximum Gasteiger partial charge on any atom is 0.124 e. The summed E-state index contributed by atoms with van der Waals surface area (Å²) in [6, 6.07) is 4.05. The van der Waals surface area contributed by atoms with Crippen LogP contribution in [0.3, 0.4) is 0 Å². The van der Waals surface area contributed by atoms with Gasteiger partial charge in [0, 0.05) is 29.0 Å². The van der Waals surface area contributed by atoms with Crippen LogP contribution in [0.2, 0.25) is 5.02 Å². The highest BCUT2D eigenvalue weighted by Gasteiger charge is 2.14. The van der Waals surface area contributed by atoms with Gasteiger partial charge in [-0.3, -0.25) is 4.98 Å². The van der Waals surface area contributed by atoms with Crippen LogP contribution in [-0.2, 0) is 6.42 Å². The van der Waals surface area contributed by atoms with Gasteiger partial charge in [-0.05, 0) is 24.1 Å². The van der Waals surface area contributed by atoms with Crippen LogP contribution in [0, 0.1) is 5.82 Å². The van der Waals surface area contributed by atoms with E-state index in [-0.39, 0.29) is 11.9 Å². The number of rotatable bonds is 3. The number of aromatic nitrogens is 3. The minimum absolute atomic E-state index is 0.278. The molecule has 102 valence electrons. The molecule has 0 spiro atoms. The normalized spacial score (nSPS) is 12.8. The number of nitrogens with zero attached hydrogens (tertiary/aromatic N) is 3. The van der Waals surface area contributed by atoms with Crippen LogP contribution in [0.4, 0.5) is 4.39 Å². The predicted octanol–water partition coefficient (Wildman–Crippen LogP) is 2.76. The molecule has 0 saturated heterocycles. The van der Waals surface area contributed by atoms with E-state index in [4.69, 9.17) is 17.3 Å². The quantitative estimate of drug-likeness (QED) is 0.807. The lowest BCUT2D eigenvalue weighted by molar-refractivity contribution is 0.626. The van der Waals surface area contributed by atoms with Crippen molar-refractivity contribution in [2.45, 2.75) is 12.5 Å². The number of hydrogen-bond donors (Lipinski definition) is 1. The Morgan fingerprint density at radius 1 is 1.35 bits per heavy atom. The fourth-order valence-corrected chi connectivity index (χ4v) is 2.42. The highest BCUT2D eigenvalue weighted by Crippen LogP contribution is 2.24. The fourth-order valence-electron chi connectivity index (χ4n) is 2.17. The third-order valence-electron chi connectivity index (χ3n) is 3.21. The van der Waals surface area contributed by atoms with E-state index >= 15 is 0 Å². The maximum atomic E-state index is 13.0. The van der Waals surface area contributed by atoms with Gasteiger partial charge in [0.1, 0.15) is 5.82 Å². The molecule has 1 atom stereocenters. The largest absolute Gasteiger partial charge is 0.324 e. The van der Waals surface area contributed by atoms with Gasteiger partial charge in [-0.15, -0.1) is 0 Å². The van der Waals surface area contributed by atoms with Gasteiger partial charge in [-0.1, -0.05) is 17.7 Å². The van der Waals surface area contributed by atoms with Crippen molar-refractivity contribution in [1.82, 2.24) is 14.6 Å². The Morgan fingerprint density at radius 3 is 3.00 bits per heavy atom. The average Bonchev–Trinajstić information content (AvgIpc) is 2.86. The summed E-state index contributed by atoms with van der Waals surface area (Å²) in [5.74, 6) is -0.354. The monoisotopic (exact) mass is 290 g/mol. The van der Waals surface area contributed by atoms with Gasteiger partial charge in [-0.25, -0.2) is 8.91 Å². The Bertz CT molecular complexity index is 756. The van der Waals surface area contributed by atoms with Crippen molar-refractivity contribution in [2.24, 2.45) is 5.73 Å². The Morgan fingerprint density at radius 2 is 2.20 bits per heavy atom. The lowest BCUT2D eigenvalue weighted by atomic mass is 10.0. The van der Waals surface area contributed by atoms with E-state index in [1.807, 2.05) is 0 Å². The van der Waals surface area contributed by atoms with Crippen LogP contribution in [0.25, 0.3) is 5.52 Å². The summed E-state index contributed by atoms with van der Waals surface area (Å²) in [7, 11) is 0. The molecule has 0 saturated carbocycles. The molecule has 0 bridgehead atoms. The Kier molecular flexibility index (Phi) is 3.38. The van der Waals surface area contributed by atoms with Crippen LogP contribution in [0.15, 0.2) is 43.0 Å². The van der Waals surface area contributed by atoms with Crippen LogP contribution in [0.5, 0.6) is 0 Å². The van der Waals surface area contributed by atoms with Crippen molar-refractivity contribution in [3.8, 4) is 0 Å².